The van der Waals surface area contributed by atoms with E-state index in [-0.39, 0.29) is 0 Å². The second kappa shape index (κ2) is 3.64. The van der Waals surface area contributed by atoms with Crippen LogP contribution < -0.4 is 4.74 Å². The highest BCUT2D eigenvalue weighted by atomic mass is 35.5. The van der Waals surface area contributed by atoms with E-state index in [4.69, 9.17) is 16.3 Å². The predicted octanol–water partition coefficient (Wildman–Crippen LogP) is 2.14. The van der Waals surface area contributed by atoms with Crippen LogP contribution in [-0.2, 0) is 15.9 Å². The molecule has 0 aromatic heterocycles. The molecule has 0 fully saturated rings. The van der Waals surface area contributed by atoms with Crippen LogP contribution in [0.2, 0.25) is 5.02 Å². The van der Waals surface area contributed by atoms with Crippen molar-refractivity contribution in [3.05, 3.63) is 23.2 Å². The number of hydrogen-bond donors (Lipinski definition) is 0. The van der Waals surface area contributed by atoms with E-state index in [0.717, 1.165) is 0 Å². The van der Waals surface area contributed by atoms with Crippen molar-refractivity contribution in [2.45, 2.75) is 4.90 Å². The summed E-state index contributed by atoms with van der Waals surface area (Å²) >= 11 is 6.05. The molecule has 0 spiro atoms. The Bertz CT molecular complexity index is 275. The van der Waals surface area contributed by atoms with Crippen LogP contribution in [0, 0.1) is 0 Å². The zero-order valence-corrected chi connectivity index (χ0v) is 7.41. The van der Waals surface area contributed by atoms with Crippen molar-refractivity contribution in [2.24, 2.45) is 0 Å². The van der Waals surface area contributed by atoms with E-state index < -0.39 is 0 Å². The third-order valence-corrected chi connectivity index (χ3v) is 2.25. The molecule has 4 heteroatoms. The van der Waals surface area contributed by atoms with Crippen LogP contribution in [0.5, 0.6) is 5.75 Å². The number of ether oxygens (including phenoxy) is 1. The number of hydrogen-bond acceptors (Lipinski definition) is 2. The molecule has 0 atom stereocenters. The third-order valence-electron chi connectivity index (χ3n) is 1.23. The summed E-state index contributed by atoms with van der Waals surface area (Å²) in [5.74, 6) is 0.525. The van der Waals surface area contributed by atoms with E-state index in [1.165, 1.54) is 7.11 Å². The summed E-state index contributed by atoms with van der Waals surface area (Å²) in [6.07, 6.45) is 0. The average Bonchev–Trinajstić information content (AvgIpc) is 2.04. The Morgan fingerprint density at radius 1 is 1.55 bits per heavy atom. The maximum absolute atomic E-state index is 10.5. The molecule has 0 amide bonds. The first-order chi connectivity index (χ1) is 5.29. The predicted molar refractivity (Wildman–Crippen MR) is 44.3 cm³/mol. The molecule has 0 saturated heterocycles. The van der Waals surface area contributed by atoms with Gasteiger partial charge in [0.2, 0.25) is 0 Å². The Balaban J connectivity index is 3.24. The molecule has 11 heavy (non-hydrogen) atoms. The van der Waals surface area contributed by atoms with Gasteiger partial charge in [-0.3, -0.25) is 0 Å². The van der Waals surface area contributed by atoms with Gasteiger partial charge in [-0.1, -0.05) is 17.7 Å². The first-order valence-electron chi connectivity index (χ1n) is 2.92. The van der Waals surface area contributed by atoms with Crippen LogP contribution in [0.4, 0.5) is 0 Å². The van der Waals surface area contributed by atoms with Crippen LogP contribution >= 0.6 is 11.6 Å². The molecule has 0 saturated carbocycles. The van der Waals surface area contributed by atoms with Gasteiger partial charge >= 0.3 is 16.6 Å². The maximum Gasteiger partial charge on any atom is 0.510 e. The van der Waals surface area contributed by atoms with Crippen molar-refractivity contribution >= 4 is 23.3 Å². The summed E-state index contributed by atoms with van der Waals surface area (Å²) in [6, 6.07) is 5.09. The van der Waals surface area contributed by atoms with Crippen molar-refractivity contribution in [3.8, 4) is 5.75 Å². The molecule has 0 N–H and O–H groups in total. The minimum absolute atomic E-state index is 0.340. The zero-order chi connectivity index (χ0) is 8.27. The van der Waals surface area contributed by atoms with Crippen LogP contribution in [-0.4, -0.2) is 7.11 Å². The van der Waals surface area contributed by atoms with Crippen LogP contribution in [0.25, 0.3) is 0 Å². The van der Waals surface area contributed by atoms with Gasteiger partial charge in [0, 0.05) is 4.21 Å². The van der Waals surface area contributed by atoms with E-state index in [0.29, 0.717) is 27.3 Å². The molecule has 0 bridgehead atoms. The van der Waals surface area contributed by atoms with E-state index in [9.17, 15) is 4.21 Å². The topological polar surface area (TPSA) is 26.3 Å². The summed E-state index contributed by atoms with van der Waals surface area (Å²) in [4.78, 5) is 0.441. The summed E-state index contributed by atoms with van der Waals surface area (Å²) in [5, 5.41) is 0.435. The first kappa shape index (κ1) is 8.43. The van der Waals surface area contributed by atoms with Crippen molar-refractivity contribution in [2.75, 3.05) is 7.11 Å². The first-order valence-corrected chi connectivity index (χ1v) is 4.04. The molecule has 0 unspecified atom stereocenters. The minimum Gasteiger partial charge on any atom is -0.491 e. The third kappa shape index (κ3) is 1.67. The Morgan fingerprint density at radius 3 is 2.73 bits per heavy atom. The van der Waals surface area contributed by atoms with Crippen molar-refractivity contribution in [1.29, 1.82) is 0 Å². The molecule has 0 aliphatic carbocycles. The van der Waals surface area contributed by atoms with Gasteiger partial charge in [-0.25, -0.2) is 0 Å². The lowest BCUT2D eigenvalue weighted by Gasteiger charge is -1.95. The highest BCUT2D eigenvalue weighted by Gasteiger charge is 2.19. The largest absolute Gasteiger partial charge is 0.510 e. The lowest BCUT2D eigenvalue weighted by molar-refractivity contribution is 0.404. The molecule has 0 heterocycles. The second-order valence-corrected chi connectivity index (χ2v) is 2.84. The summed E-state index contributed by atoms with van der Waals surface area (Å²) in [5.41, 5.74) is 0. The van der Waals surface area contributed by atoms with Gasteiger partial charge in [0.25, 0.3) is 0 Å². The molecule has 58 valence electrons. The zero-order valence-electron chi connectivity index (χ0n) is 5.83. The lowest BCUT2D eigenvalue weighted by atomic mass is 10.3. The smallest absolute Gasteiger partial charge is 0.491 e. The Hall–Kier alpha value is -0.670. The fourth-order valence-corrected chi connectivity index (χ4v) is 1.37. The summed E-state index contributed by atoms with van der Waals surface area (Å²) in [6.45, 7) is 0. The molecule has 1 rings (SSSR count). The second-order valence-electron chi connectivity index (χ2n) is 1.85. The molecule has 2 nitrogen and oxygen atoms in total. The van der Waals surface area contributed by atoms with Gasteiger partial charge in [0.05, 0.1) is 7.11 Å². The SMILES string of the molecule is COc1cccc(Cl)c1[S+]=O. The summed E-state index contributed by atoms with van der Waals surface area (Å²) in [7, 11) is 1.51. The molecule has 0 aliphatic heterocycles. The molecule has 1 aromatic carbocycles. The highest BCUT2D eigenvalue weighted by Crippen LogP contribution is 2.25. The fourth-order valence-electron chi connectivity index (χ4n) is 0.731. The standard InChI is InChI=1S/C7H6ClO2S/c1-10-6-4-2-3-5(8)7(6)11-9/h2-4H,1H3/q+1. The van der Waals surface area contributed by atoms with Crippen molar-refractivity contribution in [1.82, 2.24) is 0 Å². The van der Waals surface area contributed by atoms with Crippen molar-refractivity contribution in [3.63, 3.8) is 0 Å². The number of benzene rings is 1. The van der Waals surface area contributed by atoms with Gasteiger partial charge in [-0.2, -0.15) is 0 Å². The van der Waals surface area contributed by atoms with Gasteiger partial charge in [-0.15, -0.1) is 0 Å². The monoisotopic (exact) mass is 189 g/mol. The molecule has 0 aliphatic rings. The number of halogens is 1. The molecule has 0 radical (unpaired) electrons. The van der Waals surface area contributed by atoms with Gasteiger partial charge in [0.15, 0.2) is 5.75 Å². The van der Waals surface area contributed by atoms with E-state index >= 15 is 0 Å². The fraction of sp³-hybridized carbons (Fsp3) is 0.143. The molecular weight excluding hydrogens is 184 g/mol. The van der Waals surface area contributed by atoms with Crippen LogP contribution in [0.1, 0.15) is 0 Å². The van der Waals surface area contributed by atoms with Gasteiger partial charge in [-0.05, 0) is 12.1 Å². The number of rotatable bonds is 2. The lowest BCUT2D eigenvalue weighted by Crippen LogP contribution is -1.87. The van der Waals surface area contributed by atoms with Crippen LogP contribution in [0.15, 0.2) is 23.1 Å². The quantitative estimate of drug-likeness (QED) is 0.667. The van der Waals surface area contributed by atoms with Crippen molar-refractivity contribution < 1.29 is 8.95 Å². The Kier molecular flexibility index (Phi) is 2.79. The normalized spacial score (nSPS) is 9.27. The van der Waals surface area contributed by atoms with Gasteiger partial charge in [0.1, 0.15) is 5.02 Å². The minimum atomic E-state index is 0.340. The van der Waals surface area contributed by atoms with E-state index in [2.05, 4.69) is 0 Å². The maximum atomic E-state index is 10.5. The van der Waals surface area contributed by atoms with E-state index in [1.54, 1.807) is 18.2 Å². The number of methoxy groups -OCH3 is 1. The summed E-state index contributed by atoms with van der Waals surface area (Å²) < 4.78 is 15.4. The Labute approximate surface area is 73.6 Å². The molecular formula is C7H6ClO2S+. The highest BCUT2D eigenvalue weighted by molar-refractivity contribution is 7.65. The van der Waals surface area contributed by atoms with Crippen LogP contribution in [0.3, 0.4) is 0 Å². The molecule has 1 aromatic rings. The average molecular weight is 190 g/mol. The Morgan fingerprint density at radius 2 is 2.27 bits per heavy atom. The van der Waals surface area contributed by atoms with Gasteiger partial charge < -0.3 is 4.74 Å². The van der Waals surface area contributed by atoms with E-state index in [1.807, 2.05) is 0 Å².